The van der Waals surface area contributed by atoms with Gasteiger partial charge in [0.25, 0.3) is 0 Å². The summed E-state index contributed by atoms with van der Waals surface area (Å²) in [5, 5.41) is 4.10. The zero-order valence-electron chi connectivity index (χ0n) is 11.5. The van der Waals surface area contributed by atoms with E-state index in [1.807, 2.05) is 6.92 Å². The summed E-state index contributed by atoms with van der Waals surface area (Å²) < 4.78 is 26.4. The maximum Gasteiger partial charge on any atom is 0.232 e. The minimum Gasteiger partial charge on any atom is -0.481 e. The number of rotatable bonds is 5. The fourth-order valence-corrected chi connectivity index (χ4v) is 1.90. The highest BCUT2D eigenvalue weighted by Crippen LogP contribution is 2.23. The molecule has 3 rings (SSSR count). The van der Waals surface area contributed by atoms with Crippen LogP contribution in [0.4, 0.5) is 4.39 Å². The molecule has 21 heavy (non-hydrogen) atoms. The molecule has 0 atom stereocenters. The molecule has 0 aliphatic heterocycles. The molecule has 1 aromatic carbocycles. The fourth-order valence-electron chi connectivity index (χ4n) is 1.90. The van der Waals surface area contributed by atoms with Crippen molar-refractivity contribution in [1.82, 2.24) is 14.8 Å². The number of nitrogens with zero attached hydrogens (tertiary/aromatic N) is 3. The summed E-state index contributed by atoms with van der Waals surface area (Å²) in [5.74, 6) is 1.07. The van der Waals surface area contributed by atoms with Gasteiger partial charge >= 0.3 is 0 Å². The van der Waals surface area contributed by atoms with Crippen molar-refractivity contribution in [2.75, 3.05) is 0 Å². The topological polar surface area (TPSA) is 53.1 Å². The molecule has 0 aliphatic rings. The van der Waals surface area contributed by atoms with Gasteiger partial charge in [-0.05, 0) is 19.1 Å². The summed E-state index contributed by atoms with van der Waals surface area (Å²) in [6, 6.07) is 6.40. The fraction of sp³-hybridized carbons (Fsp3) is 0.200. The Balaban J connectivity index is 1.69. The molecule has 6 heteroatoms. The van der Waals surface area contributed by atoms with Gasteiger partial charge in [0.1, 0.15) is 5.82 Å². The second-order valence-corrected chi connectivity index (χ2v) is 4.42. The van der Waals surface area contributed by atoms with Gasteiger partial charge in [0, 0.05) is 6.54 Å². The third-order valence-corrected chi connectivity index (χ3v) is 2.99. The first-order chi connectivity index (χ1) is 10.3. The maximum absolute atomic E-state index is 13.6. The van der Waals surface area contributed by atoms with Crippen molar-refractivity contribution in [3.8, 4) is 17.1 Å². The van der Waals surface area contributed by atoms with E-state index in [4.69, 9.17) is 9.15 Å². The minimum absolute atomic E-state index is 0.170. The van der Waals surface area contributed by atoms with Crippen molar-refractivity contribution >= 4 is 0 Å². The van der Waals surface area contributed by atoms with E-state index in [0.29, 0.717) is 23.0 Å². The number of halogens is 1. The Morgan fingerprint density at radius 1 is 1.29 bits per heavy atom. The molecule has 5 nitrogen and oxygen atoms in total. The second kappa shape index (κ2) is 5.78. The van der Waals surface area contributed by atoms with E-state index in [2.05, 4.69) is 10.1 Å². The molecule has 0 spiro atoms. The number of oxazole rings is 1. The summed E-state index contributed by atoms with van der Waals surface area (Å²) in [6.07, 6.45) is 4.91. The molecular weight excluding hydrogens is 273 g/mol. The van der Waals surface area contributed by atoms with Crippen molar-refractivity contribution in [3.05, 3.63) is 54.6 Å². The highest BCUT2D eigenvalue weighted by atomic mass is 19.1. The van der Waals surface area contributed by atoms with Crippen LogP contribution in [0, 0.1) is 5.82 Å². The highest BCUT2D eigenvalue weighted by molar-refractivity contribution is 5.56. The van der Waals surface area contributed by atoms with Crippen molar-refractivity contribution in [1.29, 1.82) is 0 Å². The molecule has 0 N–H and O–H groups in total. The number of ether oxygens (including phenoxy) is 1. The lowest BCUT2D eigenvalue weighted by Gasteiger charge is -2.00. The monoisotopic (exact) mass is 287 g/mol. The quantitative estimate of drug-likeness (QED) is 0.722. The largest absolute Gasteiger partial charge is 0.481 e. The van der Waals surface area contributed by atoms with Crippen LogP contribution in [0.25, 0.3) is 11.3 Å². The molecule has 0 amide bonds. The molecule has 0 saturated heterocycles. The molecule has 2 heterocycles. The molecule has 0 fully saturated rings. The van der Waals surface area contributed by atoms with Gasteiger partial charge in [-0.15, -0.1) is 0 Å². The van der Waals surface area contributed by atoms with Gasteiger partial charge in [-0.3, -0.25) is 4.68 Å². The molecule has 0 saturated carbocycles. The molecule has 108 valence electrons. The first-order valence-electron chi connectivity index (χ1n) is 6.61. The smallest absolute Gasteiger partial charge is 0.232 e. The Morgan fingerprint density at radius 2 is 2.14 bits per heavy atom. The van der Waals surface area contributed by atoms with Crippen LogP contribution in [-0.4, -0.2) is 14.8 Å². The number of aromatic nitrogens is 3. The van der Waals surface area contributed by atoms with Crippen LogP contribution >= 0.6 is 0 Å². The van der Waals surface area contributed by atoms with Gasteiger partial charge in [0.15, 0.2) is 18.1 Å². The Bertz CT molecular complexity index is 736. The Morgan fingerprint density at radius 3 is 2.90 bits per heavy atom. The van der Waals surface area contributed by atoms with Gasteiger partial charge in [-0.25, -0.2) is 9.37 Å². The van der Waals surface area contributed by atoms with E-state index in [-0.39, 0.29) is 12.4 Å². The van der Waals surface area contributed by atoms with Gasteiger partial charge in [-0.2, -0.15) is 5.10 Å². The van der Waals surface area contributed by atoms with E-state index in [9.17, 15) is 4.39 Å². The van der Waals surface area contributed by atoms with E-state index >= 15 is 0 Å². The van der Waals surface area contributed by atoms with E-state index < -0.39 is 0 Å². The molecule has 0 bridgehead atoms. The molecule has 2 aromatic heterocycles. The second-order valence-electron chi connectivity index (χ2n) is 4.42. The lowest BCUT2D eigenvalue weighted by molar-refractivity contribution is 0.264. The van der Waals surface area contributed by atoms with Gasteiger partial charge in [0.05, 0.1) is 24.2 Å². The van der Waals surface area contributed by atoms with E-state index in [0.717, 1.165) is 6.54 Å². The Hall–Kier alpha value is -2.63. The summed E-state index contributed by atoms with van der Waals surface area (Å²) in [4.78, 5) is 4.09. The van der Waals surface area contributed by atoms with Gasteiger partial charge in [-0.1, -0.05) is 12.1 Å². The SMILES string of the molecule is CCn1cc(OCc2ncc(-c3ccccc3F)o2)cn1. The number of hydrogen-bond acceptors (Lipinski definition) is 4. The van der Waals surface area contributed by atoms with Crippen LogP contribution in [0.15, 0.2) is 47.3 Å². The number of hydrogen-bond donors (Lipinski definition) is 0. The maximum atomic E-state index is 13.6. The number of aryl methyl sites for hydroxylation is 1. The summed E-state index contributed by atoms with van der Waals surface area (Å²) in [6.45, 7) is 2.94. The normalized spacial score (nSPS) is 10.8. The molecule has 0 unspecified atom stereocenters. The van der Waals surface area contributed by atoms with Crippen LogP contribution in [-0.2, 0) is 13.2 Å². The molecule has 0 aliphatic carbocycles. The minimum atomic E-state index is -0.342. The van der Waals surface area contributed by atoms with Crippen LogP contribution in [0.1, 0.15) is 12.8 Å². The molecule has 0 radical (unpaired) electrons. The van der Waals surface area contributed by atoms with E-state index in [1.54, 1.807) is 35.3 Å². The molecule has 3 aromatic rings. The zero-order valence-corrected chi connectivity index (χ0v) is 11.5. The Labute approximate surface area is 121 Å². The average Bonchev–Trinajstić information content (AvgIpc) is 3.14. The molecular formula is C15H14FN3O2. The van der Waals surface area contributed by atoms with Crippen molar-refractivity contribution in [2.45, 2.75) is 20.1 Å². The lowest BCUT2D eigenvalue weighted by Crippen LogP contribution is -1.95. The van der Waals surface area contributed by atoms with Crippen molar-refractivity contribution in [3.63, 3.8) is 0 Å². The predicted octanol–water partition coefficient (Wildman–Crippen LogP) is 3.28. The highest BCUT2D eigenvalue weighted by Gasteiger charge is 2.11. The van der Waals surface area contributed by atoms with Crippen molar-refractivity contribution < 1.29 is 13.5 Å². The summed E-state index contributed by atoms with van der Waals surface area (Å²) >= 11 is 0. The first kappa shape index (κ1) is 13.4. The lowest BCUT2D eigenvalue weighted by atomic mass is 10.2. The summed E-state index contributed by atoms with van der Waals surface area (Å²) in [7, 11) is 0. The standard InChI is InChI=1S/C15H14FN3O2/c1-2-19-9-11(7-18-19)20-10-15-17-8-14(21-15)12-5-3-4-6-13(12)16/h3-9H,2,10H2,1H3. The van der Waals surface area contributed by atoms with Crippen molar-refractivity contribution in [2.24, 2.45) is 0 Å². The van der Waals surface area contributed by atoms with E-state index in [1.165, 1.54) is 12.3 Å². The van der Waals surface area contributed by atoms with Gasteiger partial charge in [0.2, 0.25) is 5.89 Å². The Kier molecular flexibility index (Phi) is 3.68. The predicted molar refractivity (Wildman–Crippen MR) is 74.1 cm³/mol. The zero-order chi connectivity index (χ0) is 14.7. The third-order valence-electron chi connectivity index (χ3n) is 2.99. The van der Waals surface area contributed by atoms with Gasteiger partial charge < -0.3 is 9.15 Å². The average molecular weight is 287 g/mol. The van der Waals surface area contributed by atoms with Crippen LogP contribution in [0.2, 0.25) is 0 Å². The summed E-state index contributed by atoms with van der Waals surface area (Å²) in [5.41, 5.74) is 0.384. The number of benzene rings is 1. The van der Waals surface area contributed by atoms with Crippen LogP contribution in [0.5, 0.6) is 5.75 Å². The first-order valence-corrected chi connectivity index (χ1v) is 6.61. The third kappa shape index (κ3) is 2.94. The van der Waals surface area contributed by atoms with Crippen LogP contribution in [0.3, 0.4) is 0 Å². The van der Waals surface area contributed by atoms with Crippen LogP contribution < -0.4 is 4.74 Å².